The van der Waals surface area contributed by atoms with Crippen LogP contribution in [-0.4, -0.2) is 51.0 Å². The number of anilines is 2. The Balaban J connectivity index is 1.41. The van der Waals surface area contributed by atoms with Gasteiger partial charge in [-0.3, -0.25) is 14.5 Å². The molecular formula is C24H19F2N7O2. The van der Waals surface area contributed by atoms with Crippen molar-refractivity contribution in [2.75, 3.05) is 30.4 Å². The number of pyridine rings is 1. The maximum Gasteiger partial charge on any atom is 0.268 e. The van der Waals surface area contributed by atoms with Crippen LogP contribution in [0.25, 0.3) is 27.6 Å². The quantitative estimate of drug-likeness (QED) is 0.412. The van der Waals surface area contributed by atoms with Crippen molar-refractivity contribution < 1.29 is 13.5 Å². The fourth-order valence-corrected chi connectivity index (χ4v) is 4.38. The molecule has 35 heavy (non-hydrogen) atoms. The highest BCUT2D eigenvalue weighted by atomic mass is 19.1. The van der Waals surface area contributed by atoms with Gasteiger partial charge >= 0.3 is 0 Å². The van der Waals surface area contributed by atoms with Gasteiger partial charge in [0.05, 0.1) is 29.5 Å². The highest BCUT2D eigenvalue weighted by Gasteiger charge is 2.24. The summed E-state index contributed by atoms with van der Waals surface area (Å²) in [5.74, 6) is -0.817. The summed E-state index contributed by atoms with van der Waals surface area (Å²) in [5.41, 5.74) is 0.194. The number of nitrogens with one attached hydrogen (secondary N) is 2. The standard InChI is InChI=1S/C24H19F2N7O2/c1-32-12-13(35-19-8-3-2-7-18(19)32)9-27-24-28-10-14-20-15(11-29-31-20)23(34)33(22(14)30-24)21-16(25)5-4-6-17(21)26/h2-8,10-11,13H,9,12H2,1H3,(H,29,31)(H,27,28,30). The van der Waals surface area contributed by atoms with E-state index in [0.717, 1.165) is 28.1 Å². The zero-order valence-electron chi connectivity index (χ0n) is 18.5. The summed E-state index contributed by atoms with van der Waals surface area (Å²) in [6.45, 7) is 1.00. The third-order valence-electron chi connectivity index (χ3n) is 6.01. The number of hydrogen-bond donors (Lipinski definition) is 2. The van der Waals surface area contributed by atoms with Crippen LogP contribution in [0.2, 0.25) is 0 Å². The van der Waals surface area contributed by atoms with Crippen molar-refractivity contribution in [1.29, 1.82) is 0 Å². The fourth-order valence-electron chi connectivity index (χ4n) is 4.38. The zero-order chi connectivity index (χ0) is 24.1. The first-order valence-electron chi connectivity index (χ1n) is 10.9. The van der Waals surface area contributed by atoms with E-state index in [2.05, 4.69) is 30.4 Å². The number of benzene rings is 2. The van der Waals surface area contributed by atoms with E-state index in [1.165, 1.54) is 18.5 Å². The van der Waals surface area contributed by atoms with Crippen LogP contribution in [0.4, 0.5) is 20.4 Å². The van der Waals surface area contributed by atoms with Crippen molar-refractivity contribution in [1.82, 2.24) is 24.7 Å². The van der Waals surface area contributed by atoms with Crippen LogP contribution < -0.4 is 20.5 Å². The van der Waals surface area contributed by atoms with Crippen molar-refractivity contribution >= 4 is 33.6 Å². The zero-order valence-corrected chi connectivity index (χ0v) is 18.5. The van der Waals surface area contributed by atoms with E-state index in [1.807, 2.05) is 31.3 Å². The van der Waals surface area contributed by atoms with Gasteiger partial charge in [-0.1, -0.05) is 18.2 Å². The summed E-state index contributed by atoms with van der Waals surface area (Å²) < 4.78 is 36.4. The molecule has 1 aliphatic rings. The third-order valence-corrected chi connectivity index (χ3v) is 6.01. The lowest BCUT2D eigenvalue weighted by Gasteiger charge is -2.33. The molecule has 0 saturated carbocycles. The smallest absolute Gasteiger partial charge is 0.268 e. The summed E-state index contributed by atoms with van der Waals surface area (Å²) in [5, 5.41) is 10.4. The predicted octanol–water partition coefficient (Wildman–Crippen LogP) is 3.24. The molecule has 0 aliphatic carbocycles. The van der Waals surface area contributed by atoms with E-state index < -0.39 is 22.9 Å². The minimum Gasteiger partial charge on any atom is -0.485 e. The van der Waals surface area contributed by atoms with Gasteiger partial charge in [0.1, 0.15) is 34.7 Å². The van der Waals surface area contributed by atoms with Crippen molar-refractivity contribution in [2.45, 2.75) is 6.10 Å². The highest BCUT2D eigenvalue weighted by Crippen LogP contribution is 2.32. The Labute approximate surface area is 197 Å². The lowest BCUT2D eigenvalue weighted by Crippen LogP contribution is -2.41. The van der Waals surface area contributed by atoms with Crippen LogP contribution in [0.1, 0.15) is 0 Å². The van der Waals surface area contributed by atoms with E-state index in [0.29, 0.717) is 24.0 Å². The first kappa shape index (κ1) is 21.0. The molecule has 2 aromatic carbocycles. The fraction of sp³-hybridized carbons (Fsp3) is 0.167. The number of hydrogen-bond acceptors (Lipinski definition) is 7. The average Bonchev–Trinajstić information content (AvgIpc) is 3.35. The number of ether oxygens (including phenoxy) is 1. The normalized spacial score (nSPS) is 15.3. The molecule has 1 unspecified atom stereocenters. The molecule has 5 aromatic rings. The number of para-hydroxylation sites is 3. The number of nitrogens with zero attached hydrogens (tertiary/aromatic N) is 5. The summed E-state index contributed by atoms with van der Waals surface area (Å²) in [7, 11) is 1.98. The molecule has 176 valence electrons. The minimum absolute atomic E-state index is 0.0307. The molecule has 11 heteroatoms. The molecule has 0 saturated heterocycles. The van der Waals surface area contributed by atoms with Crippen LogP contribution >= 0.6 is 0 Å². The molecule has 1 atom stereocenters. The molecule has 0 amide bonds. The number of aromatic nitrogens is 5. The van der Waals surface area contributed by atoms with Crippen molar-refractivity contribution in [3.05, 3.63) is 76.8 Å². The Morgan fingerprint density at radius 2 is 1.94 bits per heavy atom. The second kappa shape index (κ2) is 8.05. The molecule has 0 spiro atoms. The molecule has 1 aliphatic heterocycles. The minimum atomic E-state index is -0.887. The summed E-state index contributed by atoms with van der Waals surface area (Å²) in [6.07, 6.45) is 2.66. The van der Waals surface area contributed by atoms with Crippen molar-refractivity contribution in [3.8, 4) is 11.4 Å². The van der Waals surface area contributed by atoms with Crippen LogP contribution in [0.15, 0.2) is 59.7 Å². The van der Waals surface area contributed by atoms with E-state index in [9.17, 15) is 13.6 Å². The van der Waals surface area contributed by atoms with Crippen LogP contribution in [0.3, 0.4) is 0 Å². The Bertz CT molecular complexity index is 1630. The molecule has 3 aromatic heterocycles. The van der Waals surface area contributed by atoms with Gasteiger partial charge in [-0.25, -0.2) is 13.8 Å². The van der Waals surface area contributed by atoms with Gasteiger partial charge in [0.2, 0.25) is 5.95 Å². The SMILES string of the molecule is CN1CC(CNc2ncc3c4n[nH]cc4c(=O)n(-c4c(F)cccc4F)c3n2)Oc2ccccc21. The van der Waals surface area contributed by atoms with Gasteiger partial charge in [-0.05, 0) is 24.3 Å². The molecule has 9 nitrogen and oxygen atoms in total. The number of H-pyrrole nitrogens is 1. The van der Waals surface area contributed by atoms with Gasteiger partial charge in [0.25, 0.3) is 5.56 Å². The molecular weight excluding hydrogens is 456 g/mol. The summed E-state index contributed by atoms with van der Waals surface area (Å²) in [6, 6.07) is 11.2. The third kappa shape index (κ3) is 3.43. The van der Waals surface area contributed by atoms with Gasteiger partial charge < -0.3 is 15.0 Å². The van der Waals surface area contributed by atoms with Crippen LogP contribution in [0.5, 0.6) is 5.75 Å². The van der Waals surface area contributed by atoms with Gasteiger partial charge in [0, 0.05) is 19.4 Å². The highest BCUT2D eigenvalue weighted by molar-refractivity contribution is 6.02. The molecule has 0 bridgehead atoms. The molecule has 4 heterocycles. The average molecular weight is 475 g/mol. The first-order valence-corrected chi connectivity index (χ1v) is 10.9. The number of aromatic amines is 1. The van der Waals surface area contributed by atoms with E-state index in [-0.39, 0.29) is 23.1 Å². The van der Waals surface area contributed by atoms with Crippen LogP contribution in [0, 0.1) is 11.6 Å². The molecule has 2 N–H and O–H groups in total. The maximum atomic E-state index is 14.7. The lowest BCUT2D eigenvalue weighted by molar-refractivity contribution is 0.208. The second-order valence-electron chi connectivity index (χ2n) is 8.26. The Hall–Kier alpha value is -4.54. The molecule has 6 rings (SSSR count). The number of fused-ring (bicyclic) bond motifs is 4. The second-order valence-corrected chi connectivity index (χ2v) is 8.26. The van der Waals surface area contributed by atoms with Gasteiger partial charge in [0.15, 0.2) is 5.65 Å². The van der Waals surface area contributed by atoms with Crippen molar-refractivity contribution in [2.24, 2.45) is 0 Å². The van der Waals surface area contributed by atoms with Gasteiger partial charge in [-0.15, -0.1) is 0 Å². The number of likely N-dealkylation sites (N-methyl/N-ethyl adjacent to an activating group) is 1. The van der Waals surface area contributed by atoms with E-state index >= 15 is 0 Å². The van der Waals surface area contributed by atoms with Crippen LogP contribution in [-0.2, 0) is 0 Å². The largest absolute Gasteiger partial charge is 0.485 e. The Morgan fingerprint density at radius 3 is 2.77 bits per heavy atom. The first-order chi connectivity index (χ1) is 17.0. The maximum absolute atomic E-state index is 14.7. The van der Waals surface area contributed by atoms with E-state index in [1.54, 1.807) is 0 Å². The monoisotopic (exact) mass is 475 g/mol. The topological polar surface area (TPSA) is 101 Å². The summed E-state index contributed by atoms with van der Waals surface area (Å²) >= 11 is 0. The molecule has 0 radical (unpaired) electrons. The Morgan fingerprint density at radius 1 is 1.14 bits per heavy atom. The molecule has 0 fully saturated rings. The van der Waals surface area contributed by atoms with Gasteiger partial charge in [-0.2, -0.15) is 10.1 Å². The Kier molecular flexibility index (Phi) is 4.83. The lowest BCUT2D eigenvalue weighted by atomic mass is 10.2. The summed E-state index contributed by atoms with van der Waals surface area (Å²) in [4.78, 5) is 24.1. The number of rotatable bonds is 4. The predicted molar refractivity (Wildman–Crippen MR) is 127 cm³/mol. The van der Waals surface area contributed by atoms with Crippen molar-refractivity contribution in [3.63, 3.8) is 0 Å². The number of halogens is 2. The van der Waals surface area contributed by atoms with E-state index in [4.69, 9.17) is 4.74 Å².